The average molecular weight is 274 g/mol. The van der Waals surface area contributed by atoms with Crippen molar-refractivity contribution in [2.24, 2.45) is 0 Å². The van der Waals surface area contributed by atoms with E-state index < -0.39 is 0 Å². The number of hydrogen-bond acceptors (Lipinski definition) is 5. The summed E-state index contributed by atoms with van der Waals surface area (Å²) in [5.41, 5.74) is 7.51. The lowest BCUT2D eigenvalue weighted by atomic mass is 10.2. The second-order valence-electron chi connectivity index (χ2n) is 4.79. The first kappa shape index (κ1) is 14.1. The van der Waals surface area contributed by atoms with Crippen LogP contribution in [0.1, 0.15) is 11.3 Å². The molecule has 1 aromatic heterocycles. The van der Waals surface area contributed by atoms with Gasteiger partial charge in [0.2, 0.25) is 5.91 Å². The predicted molar refractivity (Wildman–Crippen MR) is 77.1 cm³/mol. The molecule has 0 spiro atoms. The fourth-order valence-corrected chi connectivity index (χ4v) is 1.91. The highest BCUT2D eigenvalue weighted by Gasteiger charge is 2.09. The van der Waals surface area contributed by atoms with E-state index >= 15 is 0 Å². The SMILES string of the molecule is Cc1cc(NC(=O)CN(C)Cc2cccc(N)c2)no1. The molecule has 106 valence electrons. The Bertz CT molecular complexity index is 594. The monoisotopic (exact) mass is 274 g/mol. The van der Waals surface area contributed by atoms with Gasteiger partial charge in [0.05, 0.1) is 6.54 Å². The quantitative estimate of drug-likeness (QED) is 0.810. The number of carbonyl (C=O) groups is 1. The summed E-state index contributed by atoms with van der Waals surface area (Å²) in [7, 11) is 1.87. The molecule has 20 heavy (non-hydrogen) atoms. The van der Waals surface area contributed by atoms with Gasteiger partial charge in [-0.3, -0.25) is 9.69 Å². The molecule has 0 atom stereocenters. The zero-order chi connectivity index (χ0) is 14.5. The van der Waals surface area contributed by atoms with Crippen LogP contribution in [-0.2, 0) is 11.3 Å². The number of nitrogens with one attached hydrogen (secondary N) is 1. The Morgan fingerprint density at radius 1 is 1.45 bits per heavy atom. The molecule has 1 amide bonds. The van der Waals surface area contributed by atoms with Crippen LogP contribution in [0, 0.1) is 6.92 Å². The first-order chi connectivity index (χ1) is 9.52. The van der Waals surface area contributed by atoms with Gasteiger partial charge in [-0.05, 0) is 31.7 Å². The van der Waals surface area contributed by atoms with Gasteiger partial charge in [-0.15, -0.1) is 0 Å². The standard InChI is InChI=1S/C14H18N4O2/c1-10-6-13(17-20-10)16-14(19)9-18(2)8-11-4-3-5-12(15)7-11/h3-7H,8-9,15H2,1-2H3,(H,16,17,19). The second kappa shape index (κ2) is 6.21. The number of hydrogen-bond donors (Lipinski definition) is 2. The summed E-state index contributed by atoms with van der Waals surface area (Å²) < 4.78 is 4.89. The number of nitrogens with two attached hydrogens (primary N) is 1. The number of benzene rings is 1. The van der Waals surface area contributed by atoms with Crippen LogP contribution in [0.2, 0.25) is 0 Å². The number of aryl methyl sites for hydroxylation is 1. The molecule has 0 aliphatic heterocycles. The van der Waals surface area contributed by atoms with Crippen molar-refractivity contribution in [1.82, 2.24) is 10.1 Å². The summed E-state index contributed by atoms with van der Waals surface area (Å²) in [6.07, 6.45) is 0. The minimum absolute atomic E-state index is 0.135. The molecule has 0 fully saturated rings. The Morgan fingerprint density at radius 2 is 2.25 bits per heavy atom. The van der Waals surface area contributed by atoms with Crippen molar-refractivity contribution in [3.05, 3.63) is 41.7 Å². The minimum Gasteiger partial charge on any atom is -0.399 e. The molecule has 0 aliphatic carbocycles. The molecule has 6 nitrogen and oxygen atoms in total. The first-order valence-electron chi connectivity index (χ1n) is 6.29. The van der Waals surface area contributed by atoms with Gasteiger partial charge in [0.25, 0.3) is 0 Å². The number of nitrogens with zero attached hydrogens (tertiary/aromatic N) is 2. The number of rotatable bonds is 5. The molecule has 0 unspecified atom stereocenters. The molecule has 1 heterocycles. The smallest absolute Gasteiger partial charge is 0.239 e. The van der Waals surface area contributed by atoms with E-state index in [9.17, 15) is 4.79 Å². The molecule has 0 bridgehead atoms. The zero-order valence-electron chi connectivity index (χ0n) is 11.6. The van der Waals surface area contributed by atoms with Crippen molar-refractivity contribution < 1.29 is 9.32 Å². The molecule has 2 rings (SSSR count). The summed E-state index contributed by atoms with van der Waals surface area (Å²) in [6, 6.07) is 9.29. The van der Waals surface area contributed by atoms with Crippen LogP contribution in [0.15, 0.2) is 34.9 Å². The fraction of sp³-hybridized carbons (Fsp3) is 0.286. The van der Waals surface area contributed by atoms with Crippen molar-refractivity contribution >= 4 is 17.4 Å². The van der Waals surface area contributed by atoms with Crippen molar-refractivity contribution in [2.45, 2.75) is 13.5 Å². The van der Waals surface area contributed by atoms with Gasteiger partial charge in [0.1, 0.15) is 5.76 Å². The minimum atomic E-state index is -0.135. The summed E-state index contributed by atoms with van der Waals surface area (Å²) in [5.74, 6) is 0.961. The lowest BCUT2D eigenvalue weighted by molar-refractivity contribution is -0.117. The highest BCUT2D eigenvalue weighted by atomic mass is 16.5. The Morgan fingerprint density at radius 3 is 2.90 bits per heavy atom. The third-order valence-corrected chi connectivity index (χ3v) is 2.71. The number of likely N-dealkylation sites (N-methyl/N-ethyl adjacent to an activating group) is 1. The molecule has 3 N–H and O–H groups in total. The van der Waals surface area contributed by atoms with Gasteiger partial charge in [-0.1, -0.05) is 17.3 Å². The Labute approximate surface area is 117 Å². The fourth-order valence-electron chi connectivity index (χ4n) is 1.91. The van der Waals surface area contributed by atoms with E-state index in [-0.39, 0.29) is 12.5 Å². The number of nitrogen functional groups attached to an aromatic ring is 1. The molecule has 0 aliphatic rings. The normalized spacial score (nSPS) is 10.8. The number of aromatic nitrogens is 1. The van der Waals surface area contributed by atoms with Crippen LogP contribution in [0.5, 0.6) is 0 Å². The number of carbonyl (C=O) groups excluding carboxylic acids is 1. The summed E-state index contributed by atoms with van der Waals surface area (Å²) >= 11 is 0. The maximum Gasteiger partial charge on any atom is 0.239 e. The van der Waals surface area contributed by atoms with Crippen LogP contribution in [-0.4, -0.2) is 29.6 Å². The largest absolute Gasteiger partial charge is 0.399 e. The maximum absolute atomic E-state index is 11.8. The van der Waals surface area contributed by atoms with Crippen LogP contribution in [0.25, 0.3) is 0 Å². The van der Waals surface area contributed by atoms with Crippen molar-refractivity contribution in [3.8, 4) is 0 Å². The van der Waals surface area contributed by atoms with Crippen molar-refractivity contribution in [3.63, 3.8) is 0 Å². The van der Waals surface area contributed by atoms with E-state index in [2.05, 4.69) is 10.5 Å². The van der Waals surface area contributed by atoms with Crippen LogP contribution < -0.4 is 11.1 Å². The van der Waals surface area contributed by atoms with E-state index in [0.717, 1.165) is 11.3 Å². The van der Waals surface area contributed by atoms with E-state index in [1.807, 2.05) is 36.2 Å². The Kier molecular flexibility index (Phi) is 4.37. The zero-order valence-corrected chi connectivity index (χ0v) is 11.6. The van der Waals surface area contributed by atoms with E-state index in [1.54, 1.807) is 13.0 Å². The predicted octanol–water partition coefficient (Wildman–Crippen LogP) is 1.64. The third kappa shape index (κ3) is 4.10. The highest BCUT2D eigenvalue weighted by Crippen LogP contribution is 2.09. The van der Waals surface area contributed by atoms with Crippen LogP contribution >= 0.6 is 0 Å². The van der Waals surface area contributed by atoms with Crippen LogP contribution in [0.4, 0.5) is 11.5 Å². The Balaban J connectivity index is 1.84. The molecule has 1 aromatic carbocycles. The molecule has 0 saturated carbocycles. The molecule has 0 radical (unpaired) electrons. The van der Waals surface area contributed by atoms with Gasteiger partial charge in [-0.25, -0.2) is 0 Å². The van der Waals surface area contributed by atoms with Gasteiger partial charge in [0, 0.05) is 18.3 Å². The molecule has 0 saturated heterocycles. The van der Waals surface area contributed by atoms with Crippen LogP contribution in [0.3, 0.4) is 0 Å². The van der Waals surface area contributed by atoms with Crippen molar-refractivity contribution in [1.29, 1.82) is 0 Å². The second-order valence-corrected chi connectivity index (χ2v) is 4.79. The molecular weight excluding hydrogens is 256 g/mol. The third-order valence-electron chi connectivity index (χ3n) is 2.71. The number of amides is 1. The summed E-state index contributed by atoms with van der Waals surface area (Å²) in [6.45, 7) is 2.69. The van der Waals surface area contributed by atoms with Gasteiger partial charge >= 0.3 is 0 Å². The van der Waals surface area contributed by atoms with Crippen molar-refractivity contribution in [2.75, 3.05) is 24.6 Å². The average Bonchev–Trinajstić information content (AvgIpc) is 2.74. The topological polar surface area (TPSA) is 84.4 Å². The Hall–Kier alpha value is -2.34. The lowest BCUT2D eigenvalue weighted by Crippen LogP contribution is -2.29. The lowest BCUT2D eigenvalue weighted by Gasteiger charge is -2.16. The van der Waals surface area contributed by atoms with E-state index in [0.29, 0.717) is 18.1 Å². The molecular formula is C14H18N4O2. The van der Waals surface area contributed by atoms with Gasteiger partial charge in [0.15, 0.2) is 5.82 Å². The molecule has 6 heteroatoms. The highest BCUT2D eigenvalue weighted by molar-refractivity contribution is 5.91. The number of anilines is 2. The maximum atomic E-state index is 11.8. The van der Waals surface area contributed by atoms with Gasteiger partial charge < -0.3 is 15.6 Å². The first-order valence-corrected chi connectivity index (χ1v) is 6.29. The van der Waals surface area contributed by atoms with E-state index in [4.69, 9.17) is 10.3 Å². The molecule has 2 aromatic rings. The van der Waals surface area contributed by atoms with Gasteiger partial charge in [-0.2, -0.15) is 0 Å². The van der Waals surface area contributed by atoms with E-state index in [1.165, 1.54) is 0 Å². The summed E-state index contributed by atoms with van der Waals surface area (Å²) in [4.78, 5) is 13.7. The summed E-state index contributed by atoms with van der Waals surface area (Å²) in [5, 5.41) is 6.40.